The second-order valence-electron chi connectivity index (χ2n) is 0.224. The summed E-state index contributed by atoms with van der Waals surface area (Å²) in [5, 5.41) is 0. The molecule has 0 aromatic carbocycles. The first-order valence-corrected chi connectivity index (χ1v) is 2.17. The van der Waals surface area contributed by atoms with Gasteiger partial charge in [-0.15, -0.1) is 0 Å². The van der Waals surface area contributed by atoms with Crippen molar-refractivity contribution in [3.05, 3.63) is 0 Å². The van der Waals surface area contributed by atoms with Gasteiger partial charge in [-0.05, 0) is 6.66 Å². The van der Waals surface area contributed by atoms with Crippen LogP contribution in [0.15, 0.2) is 0 Å². The first-order valence-electron chi connectivity index (χ1n) is 0.724. The molecule has 0 heterocycles. The molecular weight excluding hydrogens is 224 g/mol. The van der Waals surface area contributed by atoms with Gasteiger partial charge in [0.15, 0.2) is 0 Å². The van der Waals surface area contributed by atoms with Crippen molar-refractivity contribution < 1.29 is 42.6 Å². The molecular formula is CH5HoOP. The molecule has 0 fully saturated rings. The quantitative estimate of drug-likeness (QED) is 0.464. The molecule has 0 aliphatic carbocycles. The van der Waals surface area contributed by atoms with E-state index in [0.717, 1.165) is 0 Å². The zero-order chi connectivity index (χ0) is 2.71. The van der Waals surface area contributed by atoms with Gasteiger partial charge in [0.2, 0.25) is 0 Å². The fourth-order valence-electron chi connectivity index (χ4n) is 0. The van der Waals surface area contributed by atoms with Gasteiger partial charge in [0.25, 0.3) is 0 Å². The molecule has 1 atom stereocenters. The Morgan fingerprint density at radius 3 is 1.75 bits per heavy atom. The molecule has 0 aliphatic rings. The van der Waals surface area contributed by atoms with Gasteiger partial charge in [0, 0.05) is 46.5 Å². The molecule has 0 bridgehead atoms. The van der Waals surface area contributed by atoms with Crippen LogP contribution in [0.1, 0.15) is 0 Å². The molecule has 0 rings (SSSR count). The van der Waals surface area contributed by atoms with E-state index in [0.29, 0.717) is 0 Å². The van der Waals surface area contributed by atoms with Crippen LogP contribution < -0.4 is 0 Å². The van der Waals surface area contributed by atoms with Crippen molar-refractivity contribution in [3.63, 3.8) is 0 Å². The predicted molar refractivity (Wildman–Crippen MR) is 16.5 cm³/mol. The minimum atomic E-state index is 0. The standard InChI is InChI=1S/CH5OP.Ho/c1-3-2;/h2-3H,1H3;. The van der Waals surface area contributed by atoms with E-state index in [1.807, 2.05) is 0 Å². The van der Waals surface area contributed by atoms with Gasteiger partial charge < -0.3 is 4.89 Å². The summed E-state index contributed by atoms with van der Waals surface area (Å²) in [6.07, 6.45) is 0. The number of hydrogen-bond acceptors (Lipinski definition) is 1. The fourth-order valence-corrected chi connectivity index (χ4v) is 0. The SMILES string of the molecule is CPO.[Ho]. The van der Waals surface area contributed by atoms with Crippen molar-refractivity contribution in [3.8, 4) is 0 Å². The molecule has 0 aromatic heterocycles. The van der Waals surface area contributed by atoms with Crippen LogP contribution in [-0.2, 0) is 0 Å². The molecule has 1 unspecified atom stereocenters. The largest absolute Gasteiger partial charge is 0.377 e. The maximum absolute atomic E-state index is 7.60. The van der Waals surface area contributed by atoms with Crippen molar-refractivity contribution >= 4 is 8.81 Å². The summed E-state index contributed by atoms with van der Waals surface area (Å²) >= 11 is 0. The number of hydrogen-bond donors (Lipinski definition) is 1. The predicted octanol–water partition coefficient (Wildman–Crippen LogP) is 0.202. The van der Waals surface area contributed by atoms with Crippen molar-refractivity contribution in [1.82, 2.24) is 0 Å². The topological polar surface area (TPSA) is 20.2 Å². The summed E-state index contributed by atoms with van der Waals surface area (Å²) in [5.74, 6) is 0. The molecule has 1 nitrogen and oxygen atoms in total. The molecule has 1 N–H and O–H groups in total. The Morgan fingerprint density at radius 2 is 1.75 bits per heavy atom. The average molecular weight is 229 g/mol. The van der Waals surface area contributed by atoms with Crippen LogP contribution in [0.25, 0.3) is 0 Å². The Labute approximate surface area is 57.7 Å². The van der Waals surface area contributed by atoms with E-state index in [9.17, 15) is 0 Å². The Bertz CT molecular complexity index is 8.00. The summed E-state index contributed by atoms with van der Waals surface area (Å²) in [4.78, 5) is 7.60. The van der Waals surface area contributed by atoms with Crippen LogP contribution in [0, 0.1) is 37.7 Å². The van der Waals surface area contributed by atoms with E-state index in [1.54, 1.807) is 6.66 Å². The first kappa shape index (κ1) is 9.17. The van der Waals surface area contributed by atoms with Gasteiger partial charge in [-0.25, -0.2) is 0 Å². The maximum Gasteiger partial charge on any atom is 0.00749 e. The van der Waals surface area contributed by atoms with Gasteiger partial charge >= 0.3 is 0 Å². The summed E-state index contributed by atoms with van der Waals surface area (Å²) in [6, 6.07) is 0. The molecule has 1 radical (unpaired) electrons. The molecule has 0 saturated carbocycles. The average Bonchev–Trinajstić information content (AvgIpc) is 0.918. The van der Waals surface area contributed by atoms with E-state index in [4.69, 9.17) is 4.89 Å². The molecule has 4 heavy (non-hydrogen) atoms. The zero-order valence-corrected chi connectivity index (χ0v) is 5.18. The summed E-state index contributed by atoms with van der Waals surface area (Å²) in [5.41, 5.74) is 0. The van der Waals surface area contributed by atoms with Crippen molar-refractivity contribution in [2.75, 3.05) is 6.66 Å². The minimum absolute atomic E-state index is 0. The van der Waals surface area contributed by atoms with Crippen LogP contribution in [0.5, 0.6) is 0 Å². The van der Waals surface area contributed by atoms with Gasteiger partial charge in [-0.2, -0.15) is 0 Å². The monoisotopic (exact) mass is 229 g/mol. The van der Waals surface area contributed by atoms with E-state index in [1.165, 1.54) is 0 Å². The molecule has 0 aromatic rings. The Hall–Kier alpha value is 1.65. The van der Waals surface area contributed by atoms with Gasteiger partial charge in [-0.3, -0.25) is 0 Å². The summed E-state index contributed by atoms with van der Waals surface area (Å²) in [6.45, 7) is 1.71. The molecule has 0 aliphatic heterocycles. The fraction of sp³-hybridized carbons (Fsp3) is 1.00. The zero-order valence-electron chi connectivity index (χ0n) is 2.25. The molecule has 0 saturated heterocycles. The van der Waals surface area contributed by atoms with Gasteiger partial charge in [0.1, 0.15) is 0 Å². The molecule has 31 valence electrons. The Kier molecular flexibility index (Phi) is 20.2. The molecule has 0 spiro atoms. The second kappa shape index (κ2) is 8.82. The van der Waals surface area contributed by atoms with Crippen molar-refractivity contribution in [1.29, 1.82) is 0 Å². The van der Waals surface area contributed by atoms with Gasteiger partial charge in [-0.1, -0.05) is 0 Å². The minimum Gasteiger partial charge on any atom is -0.377 e. The van der Waals surface area contributed by atoms with Crippen molar-refractivity contribution in [2.24, 2.45) is 0 Å². The van der Waals surface area contributed by atoms with E-state index < -0.39 is 0 Å². The van der Waals surface area contributed by atoms with Crippen molar-refractivity contribution in [2.45, 2.75) is 0 Å². The molecule has 0 amide bonds. The van der Waals surface area contributed by atoms with Crippen LogP contribution in [0.4, 0.5) is 0 Å². The molecule has 3 heteroatoms. The van der Waals surface area contributed by atoms with Gasteiger partial charge in [0.05, 0.1) is 0 Å². The first-order chi connectivity index (χ1) is 1.41. The third kappa shape index (κ3) is 9.42. The van der Waals surface area contributed by atoms with Crippen LogP contribution >= 0.6 is 8.81 Å². The maximum atomic E-state index is 7.60. The van der Waals surface area contributed by atoms with E-state index in [2.05, 4.69) is 0 Å². The third-order valence-electron chi connectivity index (χ3n) is 0. The van der Waals surface area contributed by atoms with Crippen LogP contribution in [0.3, 0.4) is 0 Å². The Balaban J connectivity index is 0. The third-order valence-corrected chi connectivity index (χ3v) is 0. The summed E-state index contributed by atoms with van der Waals surface area (Å²) in [7, 11) is 0.0833. The smallest absolute Gasteiger partial charge is 0.00749 e. The second-order valence-corrected chi connectivity index (χ2v) is 0.671. The van der Waals surface area contributed by atoms with E-state index in [-0.39, 0.29) is 46.5 Å². The normalized spacial score (nSPS) is 7.50. The van der Waals surface area contributed by atoms with Crippen LogP contribution in [-0.4, -0.2) is 11.6 Å². The van der Waals surface area contributed by atoms with E-state index >= 15 is 0 Å². The van der Waals surface area contributed by atoms with Crippen LogP contribution in [0.2, 0.25) is 0 Å². The Morgan fingerprint density at radius 1 is 1.75 bits per heavy atom. The summed E-state index contributed by atoms with van der Waals surface area (Å²) < 4.78 is 0. The number of rotatable bonds is 0.